The SMILES string of the molecule is O=S(=O)(Oc1ccccc1C(F)(F)F)c1ccccc1C(F)(F)F. The van der Waals surface area contributed by atoms with Crippen LogP contribution in [-0.2, 0) is 22.5 Å². The molecular formula is C14H8F6O3S. The Balaban J connectivity index is 2.53. The van der Waals surface area contributed by atoms with Crippen molar-refractivity contribution >= 4 is 10.1 Å². The third kappa shape index (κ3) is 3.81. The molecule has 0 fully saturated rings. The first-order chi connectivity index (χ1) is 10.9. The lowest BCUT2D eigenvalue weighted by atomic mass is 10.2. The van der Waals surface area contributed by atoms with Gasteiger partial charge in [0.25, 0.3) is 0 Å². The maximum atomic E-state index is 12.9. The Morgan fingerprint density at radius 2 is 1.17 bits per heavy atom. The van der Waals surface area contributed by atoms with Crippen LogP contribution in [0, 0.1) is 0 Å². The van der Waals surface area contributed by atoms with E-state index in [1.807, 2.05) is 0 Å². The Bertz CT molecular complexity index is 840. The zero-order chi connectivity index (χ0) is 18.2. The highest BCUT2D eigenvalue weighted by atomic mass is 32.2. The van der Waals surface area contributed by atoms with E-state index in [2.05, 4.69) is 4.18 Å². The lowest BCUT2D eigenvalue weighted by Gasteiger charge is -2.16. The first kappa shape index (κ1) is 18.1. The number of halogens is 6. The second kappa shape index (κ2) is 6.00. The minimum atomic E-state index is -5.13. The van der Waals surface area contributed by atoms with Crippen molar-refractivity contribution in [3.05, 3.63) is 59.7 Å². The van der Waals surface area contributed by atoms with E-state index in [-0.39, 0.29) is 0 Å². The minimum Gasteiger partial charge on any atom is -0.378 e. The van der Waals surface area contributed by atoms with Crippen molar-refractivity contribution < 1.29 is 38.9 Å². The van der Waals surface area contributed by atoms with Gasteiger partial charge in [-0.3, -0.25) is 0 Å². The summed E-state index contributed by atoms with van der Waals surface area (Å²) in [5.41, 5.74) is -2.95. The molecule has 0 N–H and O–H groups in total. The molecule has 0 aliphatic rings. The summed E-state index contributed by atoms with van der Waals surface area (Å²) in [5, 5.41) is 0. The van der Waals surface area contributed by atoms with Gasteiger partial charge in [0.05, 0.1) is 11.1 Å². The molecule has 0 unspecified atom stereocenters. The second-order valence-corrected chi connectivity index (χ2v) is 6.04. The van der Waals surface area contributed by atoms with Gasteiger partial charge in [-0.15, -0.1) is 0 Å². The van der Waals surface area contributed by atoms with Gasteiger partial charge in [0.1, 0.15) is 4.90 Å². The van der Waals surface area contributed by atoms with Gasteiger partial charge in [0.15, 0.2) is 5.75 Å². The summed E-state index contributed by atoms with van der Waals surface area (Å²) in [5.74, 6) is -1.11. The molecule has 0 bridgehead atoms. The number of para-hydroxylation sites is 1. The Hall–Kier alpha value is -2.23. The van der Waals surface area contributed by atoms with E-state index in [9.17, 15) is 34.8 Å². The molecule has 0 spiro atoms. The predicted molar refractivity (Wildman–Crippen MR) is 70.7 cm³/mol. The van der Waals surface area contributed by atoms with Crippen molar-refractivity contribution in [2.24, 2.45) is 0 Å². The van der Waals surface area contributed by atoms with Crippen molar-refractivity contribution in [3.8, 4) is 5.75 Å². The Kier molecular flexibility index (Phi) is 4.53. The molecule has 10 heteroatoms. The quantitative estimate of drug-likeness (QED) is 0.591. The summed E-state index contributed by atoms with van der Waals surface area (Å²) in [6, 6.07) is 6.37. The number of hydrogen-bond donors (Lipinski definition) is 0. The first-order valence-electron chi connectivity index (χ1n) is 6.20. The van der Waals surface area contributed by atoms with Crippen LogP contribution in [0.5, 0.6) is 5.75 Å². The lowest BCUT2D eigenvalue weighted by Crippen LogP contribution is -2.18. The van der Waals surface area contributed by atoms with Crippen LogP contribution in [0.3, 0.4) is 0 Å². The van der Waals surface area contributed by atoms with Crippen LogP contribution in [-0.4, -0.2) is 8.42 Å². The van der Waals surface area contributed by atoms with Crippen LogP contribution >= 0.6 is 0 Å². The van der Waals surface area contributed by atoms with Gasteiger partial charge >= 0.3 is 22.5 Å². The molecule has 0 aromatic heterocycles. The number of alkyl halides is 6. The van der Waals surface area contributed by atoms with Gasteiger partial charge < -0.3 is 4.18 Å². The summed E-state index contributed by atoms with van der Waals surface area (Å²) in [6.45, 7) is 0. The fraction of sp³-hybridized carbons (Fsp3) is 0.143. The largest absolute Gasteiger partial charge is 0.420 e. The van der Waals surface area contributed by atoms with E-state index in [1.54, 1.807) is 0 Å². The maximum Gasteiger partial charge on any atom is 0.420 e. The van der Waals surface area contributed by atoms with Gasteiger partial charge in [-0.2, -0.15) is 34.8 Å². The molecule has 0 aliphatic carbocycles. The summed E-state index contributed by atoms with van der Waals surface area (Å²) in [4.78, 5) is -1.27. The molecule has 0 heterocycles. The van der Waals surface area contributed by atoms with Gasteiger partial charge in [0, 0.05) is 0 Å². The van der Waals surface area contributed by atoms with E-state index in [0.29, 0.717) is 24.3 Å². The topological polar surface area (TPSA) is 43.4 Å². The zero-order valence-electron chi connectivity index (χ0n) is 11.5. The van der Waals surface area contributed by atoms with Crippen LogP contribution in [0.1, 0.15) is 11.1 Å². The highest BCUT2D eigenvalue weighted by Gasteiger charge is 2.39. The summed E-state index contributed by atoms with van der Waals surface area (Å²) in [7, 11) is -5.13. The molecule has 0 aliphatic heterocycles. The lowest BCUT2D eigenvalue weighted by molar-refractivity contribution is -0.140. The highest BCUT2D eigenvalue weighted by molar-refractivity contribution is 7.87. The third-order valence-corrected chi connectivity index (χ3v) is 4.15. The summed E-state index contributed by atoms with van der Waals surface area (Å²) in [6.07, 6.45) is -9.95. The van der Waals surface area contributed by atoms with Crippen LogP contribution in [0.4, 0.5) is 26.3 Å². The van der Waals surface area contributed by atoms with Crippen molar-refractivity contribution in [1.29, 1.82) is 0 Å². The molecule has 0 saturated carbocycles. The minimum absolute atomic E-state index is 0.492. The fourth-order valence-electron chi connectivity index (χ4n) is 1.86. The molecule has 24 heavy (non-hydrogen) atoms. The first-order valence-corrected chi connectivity index (χ1v) is 7.61. The van der Waals surface area contributed by atoms with Crippen molar-refractivity contribution in [2.75, 3.05) is 0 Å². The smallest absolute Gasteiger partial charge is 0.378 e. The Labute approximate surface area is 132 Å². The van der Waals surface area contributed by atoms with E-state index in [4.69, 9.17) is 0 Å². The number of hydrogen-bond acceptors (Lipinski definition) is 3. The summed E-state index contributed by atoms with van der Waals surface area (Å²) < 4.78 is 106. The second-order valence-electron chi connectivity index (χ2n) is 4.53. The normalized spacial score (nSPS) is 12.9. The molecule has 2 aromatic rings. The molecule has 0 atom stereocenters. The predicted octanol–water partition coefficient (Wildman–Crippen LogP) is 4.49. The Morgan fingerprint density at radius 1 is 0.708 bits per heavy atom. The average molecular weight is 370 g/mol. The zero-order valence-corrected chi connectivity index (χ0v) is 12.3. The molecule has 3 nitrogen and oxygen atoms in total. The molecular weight excluding hydrogens is 362 g/mol. The van der Waals surface area contributed by atoms with Crippen LogP contribution in [0.15, 0.2) is 53.4 Å². The van der Waals surface area contributed by atoms with Crippen molar-refractivity contribution in [2.45, 2.75) is 17.2 Å². The Morgan fingerprint density at radius 3 is 1.71 bits per heavy atom. The van der Waals surface area contributed by atoms with Gasteiger partial charge in [-0.1, -0.05) is 24.3 Å². The van der Waals surface area contributed by atoms with Crippen LogP contribution in [0.2, 0.25) is 0 Å². The molecule has 2 aromatic carbocycles. The van der Waals surface area contributed by atoms with Crippen LogP contribution in [0.25, 0.3) is 0 Å². The maximum absolute atomic E-state index is 12.9. The number of rotatable bonds is 3. The summed E-state index contributed by atoms with van der Waals surface area (Å²) >= 11 is 0. The molecule has 2 rings (SSSR count). The molecule has 130 valence electrons. The highest BCUT2D eigenvalue weighted by Crippen LogP contribution is 2.39. The molecule has 0 amide bonds. The molecule has 0 radical (unpaired) electrons. The van der Waals surface area contributed by atoms with Crippen molar-refractivity contribution in [3.63, 3.8) is 0 Å². The van der Waals surface area contributed by atoms with Gasteiger partial charge in [-0.05, 0) is 24.3 Å². The van der Waals surface area contributed by atoms with Crippen molar-refractivity contribution in [1.82, 2.24) is 0 Å². The third-order valence-electron chi connectivity index (χ3n) is 2.85. The monoisotopic (exact) mass is 370 g/mol. The van der Waals surface area contributed by atoms with E-state index >= 15 is 0 Å². The fourth-order valence-corrected chi connectivity index (χ4v) is 3.03. The van der Waals surface area contributed by atoms with Crippen LogP contribution < -0.4 is 4.18 Å². The van der Waals surface area contributed by atoms with E-state index < -0.39 is 44.2 Å². The van der Waals surface area contributed by atoms with E-state index in [1.165, 1.54) is 0 Å². The van der Waals surface area contributed by atoms with Gasteiger partial charge in [0.2, 0.25) is 0 Å². The van der Waals surface area contributed by atoms with Gasteiger partial charge in [-0.25, -0.2) is 0 Å². The van der Waals surface area contributed by atoms with E-state index in [0.717, 1.165) is 24.3 Å². The average Bonchev–Trinajstić information content (AvgIpc) is 2.45. The molecule has 0 saturated heterocycles. The number of benzene rings is 2. The standard InChI is InChI=1S/C14H8F6O3S/c15-13(16,17)9-5-1-3-7-11(9)23-24(21,22)12-8-4-2-6-10(12)14(18,19)20/h1-8H.